The maximum absolute atomic E-state index is 3.74. The summed E-state index contributed by atoms with van der Waals surface area (Å²) in [7, 11) is 2.31. The van der Waals surface area contributed by atoms with Crippen LogP contribution in [0, 0.1) is 20.8 Å². The number of fused-ring (bicyclic) bond motifs is 2. The summed E-state index contributed by atoms with van der Waals surface area (Å²) in [6.07, 6.45) is 5.43. The third kappa shape index (κ3) is 2.77. The summed E-state index contributed by atoms with van der Waals surface area (Å²) < 4.78 is 0. The molecule has 0 radical (unpaired) electrons. The molecule has 2 fully saturated rings. The van der Waals surface area contributed by atoms with E-state index in [1.807, 2.05) is 0 Å². The van der Waals surface area contributed by atoms with Crippen molar-refractivity contribution in [2.24, 2.45) is 0 Å². The van der Waals surface area contributed by atoms with Gasteiger partial charge in [0.2, 0.25) is 0 Å². The summed E-state index contributed by atoms with van der Waals surface area (Å²) in [5, 5.41) is 3.74. The smallest absolute Gasteiger partial charge is 0.0236 e. The van der Waals surface area contributed by atoms with Gasteiger partial charge in [-0.15, -0.1) is 0 Å². The molecule has 2 unspecified atom stereocenters. The largest absolute Gasteiger partial charge is 0.311 e. The van der Waals surface area contributed by atoms with Gasteiger partial charge in [-0.1, -0.05) is 12.1 Å². The molecule has 0 saturated carbocycles. The predicted molar refractivity (Wildman–Crippen MR) is 85.1 cm³/mol. The highest BCUT2D eigenvalue weighted by molar-refractivity contribution is 5.36. The third-order valence-corrected chi connectivity index (χ3v) is 5.44. The quantitative estimate of drug-likeness (QED) is 0.908. The van der Waals surface area contributed by atoms with Crippen molar-refractivity contribution in [1.82, 2.24) is 10.2 Å². The fourth-order valence-corrected chi connectivity index (χ4v) is 3.98. The van der Waals surface area contributed by atoms with E-state index < -0.39 is 0 Å². The molecule has 0 aliphatic carbocycles. The van der Waals surface area contributed by atoms with Crippen LogP contribution in [-0.2, 0) is 6.54 Å². The van der Waals surface area contributed by atoms with Gasteiger partial charge in [0.25, 0.3) is 0 Å². The van der Waals surface area contributed by atoms with Crippen molar-refractivity contribution in [2.45, 2.75) is 71.1 Å². The van der Waals surface area contributed by atoms with Gasteiger partial charge < -0.3 is 5.32 Å². The minimum absolute atomic E-state index is 0.759. The first-order valence-corrected chi connectivity index (χ1v) is 8.06. The number of nitrogens with zero attached hydrogens (tertiary/aromatic N) is 1. The highest BCUT2D eigenvalue weighted by Crippen LogP contribution is 2.30. The SMILES string of the molecule is Cc1cc(C)c(CN(C)C2CC3CCC(C2)N3)cc1C. The molecule has 2 atom stereocenters. The zero-order valence-electron chi connectivity index (χ0n) is 13.4. The van der Waals surface area contributed by atoms with Crippen LogP contribution in [0.4, 0.5) is 0 Å². The molecule has 1 aromatic carbocycles. The number of rotatable bonds is 3. The van der Waals surface area contributed by atoms with Crippen LogP contribution >= 0.6 is 0 Å². The molecule has 2 heteroatoms. The van der Waals surface area contributed by atoms with Gasteiger partial charge in [0.15, 0.2) is 0 Å². The average molecular weight is 272 g/mol. The van der Waals surface area contributed by atoms with Crippen LogP contribution in [0.1, 0.15) is 47.9 Å². The average Bonchev–Trinajstić information content (AvgIpc) is 2.74. The van der Waals surface area contributed by atoms with Gasteiger partial charge in [-0.05, 0) is 75.8 Å². The summed E-state index contributed by atoms with van der Waals surface area (Å²) in [4.78, 5) is 2.59. The Morgan fingerprint density at radius 2 is 1.60 bits per heavy atom. The van der Waals surface area contributed by atoms with Crippen molar-refractivity contribution in [3.8, 4) is 0 Å². The molecule has 2 nitrogen and oxygen atoms in total. The van der Waals surface area contributed by atoms with Crippen LogP contribution in [0.25, 0.3) is 0 Å². The molecule has 2 aliphatic rings. The normalized spacial score (nSPS) is 29.1. The first kappa shape index (κ1) is 14.1. The Labute approximate surface area is 123 Å². The van der Waals surface area contributed by atoms with E-state index in [1.54, 1.807) is 0 Å². The lowest BCUT2D eigenvalue weighted by molar-refractivity contribution is 0.165. The molecule has 2 bridgehead atoms. The summed E-state index contributed by atoms with van der Waals surface area (Å²) in [6.45, 7) is 7.78. The highest BCUT2D eigenvalue weighted by Gasteiger charge is 2.34. The van der Waals surface area contributed by atoms with Crippen molar-refractivity contribution < 1.29 is 0 Å². The third-order valence-electron chi connectivity index (χ3n) is 5.44. The number of nitrogens with one attached hydrogen (secondary N) is 1. The van der Waals surface area contributed by atoms with Gasteiger partial charge in [0, 0.05) is 24.7 Å². The highest BCUT2D eigenvalue weighted by atomic mass is 15.2. The van der Waals surface area contributed by atoms with Gasteiger partial charge in [-0.25, -0.2) is 0 Å². The number of hydrogen-bond donors (Lipinski definition) is 1. The minimum atomic E-state index is 0.759. The van der Waals surface area contributed by atoms with E-state index in [4.69, 9.17) is 0 Å². The van der Waals surface area contributed by atoms with E-state index >= 15 is 0 Å². The molecule has 2 aliphatic heterocycles. The lowest BCUT2D eigenvalue weighted by Gasteiger charge is -2.36. The maximum atomic E-state index is 3.74. The van der Waals surface area contributed by atoms with Crippen LogP contribution in [0.5, 0.6) is 0 Å². The zero-order chi connectivity index (χ0) is 14.3. The van der Waals surface area contributed by atoms with E-state index in [9.17, 15) is 0 Å². The van der Waals surface area contributed by atoms with Crippen molar-refractivity contribution in [3.05, 3.63) is 34.4 Å². The van der Waals surface area contributed by atoms with Gasteiger partial charge in [0.05, 0.1) is 0 Å². The van der Waals surface area contributed by atoms with Crippen LogP contribution in [0.2, 0.25) is 0 Å². The Balaban J connectivity index is 1.69. The molecule has 20 heavy (non-hydrogen) atoms. The van der Waals surface area contributed by atoms with Crippen LogP contribution in [-0.4, -0.2) is 30.1 Å². The maximum Gasteiger partial charge on any atom is 0.0236 e. The first-order valence-electron chi connectivity index (χ1n) is 8.06. The van der Waals surface area contributed by atoms with Gasteiger partial charge >= 0.3 is 0 Å². The number of hydrogen-bond acceptors (Lipinski definition) is 2. The van der Waals surface area contributed by atoms with Crippen molar-refractivity contribution in [3.63, 3.8) is 0 Å². The second-order valence-corrected chi connectivity index (χ2v) is 7.04. The summed E-state index contributed by atoms with van der Waals surface area (Å²) in [5.74, 6) is 0. The van der Waals surface area contributed by atoms with Crippen LogP contribution < -0.4 is 5.32 Å². The molecule has 1 aromatic rings. The molecule has 1 N–H and O–H groups in total. The van der Waals surface area contributed by atoms with E-state index in [1.165, 1.54) is 47.9 Å². The van der Waals surface area contributed by atoms with E-state index in [-0.39, 0.29) is 0 Å². The Hall–Kier alpha value is -0.860. The lowest BCUT2D eigenvalue weighted by atomic mass is 9.96. The summed E-state index contributed by atoms with van der Waals surface area (Å²) >= 11 is 0. The van der Waals surface area contributed by atoms with Crippen molar-refractivity contribution in [2.75, 3.05) is 7.05 Å². The fraction of sp³-hybridized carbons (Fsp3) is 0.667. The van der Waals surface area contributed by atoms with Gasteiger partial charge in [0.1, 0.15) is 0 Å². The fourth-order valence-electron chi connectivity index (χ4n) is 3.98. The van der Waals surface area contributed by atoms with E-state index in [0.29, 0.717) is 0 Å². The van der Waals surface area contributed by atoms with E-state index in [0.717, 1.165) is 24.7 Å². The lowest BCUT2D eigenvalue weighted by Crippen LogP contribution is -2.46. The molecule has 110 valence electrons. The number of piperidine rings is 1. The molecular weight excluding hydrogens is 244 g/mol. The number of aryl methyl sites for hydroxylation is 3. The Morgan fingerprint density at radius 1 is 1.00 bits per heavy atom. The molecule has 0 spiro atoms. The first-order chi connectivity index (χ1) is 9.52. The van der Waals surface area contributed by atoms with E-state index in [2.05, 4.69) is 50.2 Å². The Bertz CT molecular complexity index is 482. The predicted octanol–water partition coefficient (Wildman–Crippen LogP) is 3.33. The van der Waals surface area contributed by atoms with Crippen LogP contribution in [0.15, 0.2) is 12.1 Å². The monoisotopic (exact) mass is 272 g/mol. The summed E-state index contributed by atoms with van der Waals surface area (Å²) in [6, 6.07) is 7.04. The van der Waals surface area contributed by atoms with Crippen molar-refractivity contribution >= 4 is 0 Å². The van der Waals surface area contributed by atoms with Crippen LogP contribution in [0.3, 0.4) is 0 Å². The topological polar surface area (TPSA) is 15.3 Å². The molecule has 2 saturated heterocycles. The standard InChI is InChI=1S/C18H28N2/c1-12-7-14(3)15(8-13(12)2)11-20(4)18-9-16-5-6-17(10-18)19-16/h7-8,16-19H,5-6,9-11H2,1-4H3. The van der Waals surface area contributed by atoms with Gasteiger partial charge in [-0.2, -0.15) is 0 Å². The second-order valence-electron chi connectivity index (χ2n) is 7.04. The minimum Gasteiger partial charge on any atom is -0.311 e. The molecule has 0 amide bonds. The second kappa shape index (κ2) is 5.50. The van der Waals surface area contributed by atoms with Crippen molar-refractivity contribution in [1.29, 1.82) is 0 Å². The summed E-state index contributed by atoms with van der Waals surface area (Å²) in [5.41, 5.74) is 5.77. The number of benzene rings is 1. The zero-order valence-corrected chi connectivity index (χ0v) is 13.4. The molecular formula is C18H28N2. The molecule has 0 aromatic heterocycles. The Morgan fingerprint density at radius 3 is 2.25 bits per heavy atom. The Kier molecular flexibility index (Phi) is 3.87. The molecule has 3 rings (SSSR count). The van der Waals surface area contributed by atoms with Gasteiger partial charge in [-0.3, -0.25) is 4.90 Å². The molecule has 2 heterocycles.